The molecule has 1 atom stereocenters. The van der Waals surface area contributed by atoms with Crippen LogP contribution in [-0.2, 0) is 16.1 Å². The molecular formula is C13H22N4O2. The zero-order valence-corrected chi connectivity index (χ0v) is 11.6. The minimum absolute atomic E-state index is 0.0319. The van der Waals surface area contributed by atoms with Gasteiger partial charge in [0.1, 0.15) is 6.10 Å². The summed E-state index contributed by atoms with van der Waals surface area (Å²) in [5.74, 6) is 0.0670. The molecule has 2 rings (SSSR count). The SMILES string of the molecule is CC(C)NC(=O)CCn1cncc1C1CNCCO1. The van der Waals surface area contributed by atoms with Gasteiger partial charge in [-0.2, -0.15) is 0 Å². The normalized spacial score (nSPS) is 19.6. The molecule has 0 spiro atoms. The highest BCUT2D eigenvalue weighted by Crippen LogP contribution is 2.18. The largest absolute Gasteiger partial charge is 0.369 e. The molecule has 6 nitrogen and oxygen atoms in total. The molecular weight excluding hydrogens is 244 g/mol. The van der Waals surface area contributed by atoms with Gasteiger partial charge in [0.15, 0.2) is 0 Å². The first-order valence-corrected chi connectivity index (χ1v) is 6.78. The highest BCUT2D eigenvalue weighted by molar-refractivity contribution is 5.76. The lowest BCUT2D eigenvalue weighted by Gasteiger charge is -2.24. The maximum Gasteiger partial charge on any atom is 0.221 e. The maximum absolute atomic E-state index is 11.6. The van der Waals surface area contributed by atoms with Crippen LogP contribution >= 0.6 is 0 Å². The Morgan fingerprint density at radius 3 is 3.21 bits per heavy atom. The molecule has 1 fully saturated rings. The predicted molar refractivity (Wildman–Crippen MR) is 71.7 cm³/mol. The molecule has 106 valence electrons. The van der Waals surface area contributed by atoms with Gasteiger partial charge in [0.2, 0.25) is 5.91 Å². The van der Waals surface area contributed by atoms with Crippen molar-refractivity contribution in [1.29, 1.82) is 0 Å². The van der Waals surface area contributed by atoms with Crippen LogP contribution in [0.15, 0.2) is 12.5 Å². The van der Waals surface area contributed by atoms with Crippen molar-refractivity contribution in [1.82, 2.24) is 20.2 Å². The second-order valence-corrected chi connectivity index (χ2v) is 5.05. The van der Waals surface area contributed by atoms with Gasteiger partial charge in [0, 0.05) is 32.1 Å². The van der Waals surface area contributed by atoms with E-state index >= 15 is 0 Å². The zero-order chi connectivity index (χ0) is 13.7. The fourth-order valence-electron chi connectivity index (χ4n) is 2.16. The molecule has 0 aromatic carbocycles. The van der Waals surface area contributed by atoms with Gasteiger partial charge in [-0.05, 0) is 13.8 Å². The summed E-state index contributed by atoms with van der Waals surface area (Å²) >= 11 is 0. The van der Waals surface area contributed by atoms with Gasteiger partial charge in [-0.1, -0.05) is 0 Å². The Hall–Kier alpha value is -1.40. The lowest BCUT2D eigenvalue weighted by atomic mass is 10.2. The van der Waals surface area contributed by atoms with Gasteiger partial charge in [0.25, 0.3) is 0 Å². The Labute approximate surface area is 113 Å². The van der Waals surface area contributed by atoms with Crippen LogP contribution in [0.3, 0.4) is 0 Å². The molecule has 1 amide bonds. The lowest BCUT2D eigenvalue weighted by Crippen LogP contribution is -2.34. The van der Waals surface area contributed by atoms with E-state index in [1.807, 2.05) is 24.6 Å². The molecule has 1 aliphatic rings. The summed E-state index contributed by atoms with van der Waals surface area (Å²) in [6.07, 6.45) is 4.07. The van der Waals surface area contributed by atoms with Gasteiger partial charge < -0.3 is 19.9 Å². The van der Waals surface area contributed by atoms with E-state index in [1.165, 1.54) is 0 Å². The Morgan fingerprint density at radius 1 is 1.68 bits per heavy atom. The second-order valence-electron chi connectivity index (χ2n) is 5.05. The Kier molecular flexibility index (Phi) is 4.93. The van der Waals surface area contributed by atoms with E-state index in [0.717, 1.165) is 18.8 Å². The van der Waals surface area contributed by atoms with Gasteiger partial charge in [0.05, 0.1) is 24.8 Å². The molecule has 2 N–H and O–H groups in total. The van der Waals surface area contributed by atoms with Crippen LogP contribution in [0, 0.1) is 0 Å². The number of carbonyl (C=O) groups is 1. The van der Waals surface area contributed by atoms with Crippen molar-refractivity contribution in [3.63, 3.8) is 0 Å². The average molecular weight is 266 g/mol. The number of ether oxygens (including phenoxy) is 1. The monoisotopic (exact) mass is 266 g/mol. The minimum Gasteiger partial charge on any atom is -0.369 e. The summed E-state index contributed by atoms with van der Waals surface area (Å²) in [5.41, 5.74) is 1.03. The number of imidazole rings is 1. The number of nitrogens with one attached hydrogen (secondary N) is 2. The molecule has 0 radical (unpaired) electrons. The van der Waals surface area contributed by atoms with Crippen LogP contribution in [0.1, 0.15) is 32.1 Å². The van der Waals surface area contributed by atoms with Gasteiger partial charge in [-0.3, -0.25) is 4.79 Å². The third-order valence-electron chi connectivity index (χ3n) is 3.03. The molecule has 2 heterocycles. The highest BCUT2D eigenvalue weighted by Gasteiger charge is 2.19. The molecule has 0 saturated carbocycles. The molecule has 1 aromatic heterocycles. The number of nitrogens with zero attached hydrogens (tertiary/aromatic N) is 2. The molecule has 1 aromatic rings. The van der Waals surface area contributed by atoms with Crippen molar-refractivity contribution in [3.05, 3.63) is 18.2 Å². The summed E-state index contributed by atoms with van der Waals surface area (Å²) in [6.45, 7) is 6.95. The van der Waals surface area contributed by atoms with Crippen LogP contribution in [0.25, 0.3) is 0 Å². The third-order valence-corrected chi connectivity index (χ3v) is 3.03. The van der Waals surface area contributed by atoms with Crippen molar-refractivity contribution >= 4 is 5.91 Å². The van der Waals surface area contributed by atoms with Crippen LogP contribution in [0.5, 0.6) is 0 Å². The van der Waals surface area contributed by atoms with Crippen molar-refractivity contribution in [3.8, 4) is 0 Å². The maximum atomic E-state index is 11.6. The average Bonchev–Trinajstić information content (AvgIpc) is 2.85. The zero-order valence-electron chi connectivity index (χ0n) is 11.6. The van der Waals surface area contributed by atoms with E-state index in [-0.39, 0.29) is 18.1 Å². The van der Waals surface area contributed by atoms with Gasteiger partial charge >= 0.3 is 0 Å². The number of morpholine rings is 1. The van der Waals surface area contributed by atoms with E-state index in [0.29, 0.717) is 19.6 Å². The number of aryl methyl sites for hydroxylation is 1. The lowest BCUT2D eigenvalue weighted by molar-refractivity contribution is -0.121. The van der Waals surface area contributed by atoms with Crippen molar-refractivity contribution in [2.75, 3.05) is 19.7 Å². The van der Waals surface area contributed by atoms with E-state index in [1.54, 1.807) is 6.33 Å². The van der Waals surface area contributed by atoms with Crippen molar-refractivity contribution in [2.45, 2.75) is 39.0 Å². The van der Waals surface area contributed by atoms with Crippen molar-refractivity contribution in [2.24, 2.45) is 0 Å². The van der Waals surface area contributed by atoms with Gasteiger partial charge in [-0.25, -0.2) is 4.98 Å². The topological polar surface area (TPSA) is 68.2 Å². The van der Waals surface area contributed by atoms with Crippen LogP contribution in [-0.4, -0.2) is 41.2 Å². The fraction of sp³-hybridized carbons (Fsp3) is 0.692. The van der Waals surface area contributed by atoms with E-state index in [9.17, 15) is 4.79 Å². The summed E-state index contributed by atoms with van der Waals surface area (Å²) in [7, 11) is 0. The number of aromatic nitrogens is 2. The number of carbonyl (C=O) groups excluding carboxylic acids is 1. The molecule has 1 unspecified atom stereocenters. The number of hydrogen-bond acceptors (Lipinski definition) is 4. The minimum atomic E-state index is 0.0319. The summed E-state index contributed by atoms with van der Waals surface area (Å²) in [6, 6.07) is 0.181. The molecule has 1 aliphatic heterocycles. The van der Waals surface area contributed by atoms with Crippen LogP contribution in [0.4, 0.5) is 0 Å². The number of hydrogen-bond donors (Lipinski definition) is 2. The summed E-state index contributed by atoms with van der Waals surface area (Å²) < 4.78 is 7.71. The predicted octanol–water partition coefficient (Wildman–Crippen LogP) is 0.459. The second kappa shape index (κ2) is 6.68. The third kappa shape index (κ3) is 4.04. The quantitative estimate of drug-likeness (QED) is 0.812. The summed E-state index contributed by atoms with van der Waals surface area (Å²) in [5, 5.41) is 6.18. The first-order chi connectivity index (χ1) is 9.16. The molecule has 0 bridgehead atoms. The molecule has 6 heteroatoms. The van der Waals surface area contributed by atoms with Crippen LogP contribution in [0.2, 0.25) is 0 Å². The Balaban J connectivity index is 1.90. The van der Waals surface area contributed by atoms with E-state index in [4.69, 9.17) is 4.74 Å². The summed E-state index contributed by atoms with van der Waals surface area (Å²) in [4.78, 5) is 15.8. The van der Waals surface area contributed by atoms with Crippen molar-refractivity contribution < 1.29 is 9.53 Å². The number of amides is 1. The standard InChI is InChI=1S/C13H22N4O2/c1-10(2)16-13(18)3-5-17-9-15-7-11(17)12-8-14-4-6-19-12/h7,9-10,12,14H,3-6,8H2,1-2H3,(H,16,18). The number of rotatable bonds is 5. The highest BCUT2D eigenvalue weighted by atomic mass is 16.5. The van der Waals surface area contributed by atoms with E-state index < -0.39 is 0 Å². The Morgan fingerprint density at radius 2 is 2.53 bits per heavy atom. The Bertz CT molecular complexity index is 411. The smallest absolute Gasteiger partial charge is 0.221 e. The fourth-order valence-corrected chi connectivity index (χ4v) is 2.16. The van der Waals surface area contributed by atoms with Crippen LogP contribution < -0.4 is 10.6 Å². The molecule has 0 aliphatic carbocycles. The molecule has 1 saturated heterocycles. The van der Waals surface area contributed by atoms with Gasteiger partial charge in [-0.15, -0.1) is 0 Å². The molecule has 19 heavy (non-hydrogen) atoms. The van der Waals surface area contributed by atoms with E-state index in [2.05, 4.69) is 15.6 Å². The first-order valence-electron chi connectivity index (χ1n) is 6.78. The first kappa shape index (κ1) is 14.0.